The van der Waals surface area contributed by atoms with Gasteiger partial charge in [0.25, 0.3) is 0 Å². The highest BCUT2D eigenvalue weighted by Crippen LogP contribution is 2.24. The van der Waals surface area contributed by atoms with Gasteiger partial charge in [0.15, 0.2) is 0 Å². The predicted molar refractivity (Wildman–Crippen MR) is 47.5 cm³/mol. The molecule has 1 unspecified atom stereocenters. The van der Waals surface area contributed by atoms with Gasteiger partial charge in [0.05, 0.1) is 6.61 Å². The maximum atomic E-state index is 5.00. The summed E-state index contributed by atoms with van der Waals surface area (Å²) in [4.78, 5) is 0. The molecule has 0 aromatic rings. The molecule has 0 aromatic carbocycles. The average Bonchev–Trinajstić information content (AvgIpc) is 2.28. The van der Waals surface area contributed by atoms with Crippen LogP contribution in [-0.2, 0) is 4.74 Å². The van der Waals surface area contributed by atoms with E-state index in [1.165, 1.54) is 11.1 Å². The SMILES string of the molecule is COCCC1=CC(C)C(C)=C1. The van der Waals surface area contributed by atoms with Crippen LogP contribution in [0.15, 0.2) is 23.3 Å². The number of hydrogen-bond acceptors (Lipinski definition) is 1. The van der Waals surface area contributed by atoms with Crippen LogP contribution >= 0.6 is 0 Å². The van der Waals surface area contributed by atoms with E-state index in [0.717, 1.165) is 13.0 Å². The first-order chi connectivity index (χ1) is 5.24. The summed E-state index contributed by atoms with van der Waals surface area (Å²) in [5.74, 6) is 0.641. The van der Waals surface area contributed by atoms with Crippen molar-refractivity contribution in [3.63, 3.8) is 0 Å². The predicted octanol–water partition coefficient (Wildman–Crippen LogP) is 2.55. The van der Waals surface area contributed by atoms with E-state index in [-0.39, 0.29) is 0 Å². The summed E-state index contributed by atoms with van der Waals surface area (Å²) >= 11 is 0. The number of ether oxygens (including phenoxy) is 1. The lowest BCUT2D eigenvalue weighted by molar-refractivity contribution is 0.203. The van der Waals surface area contributed by atoms with Crippen LogP contribution in [0.25, 0.3) is 0 Å². The summed E-state index contributed by atoms with van der Waals surface area (Å²) in [7, 11) is 1.75. The fraction of sp³-hybridized carbons (Fsp3) is 0.600. The van der Waals surface area contributed by atoms with E-state index in [4.69, 9.17) is 4.74 Å². The maximum absolute atomic E-state index is 5.00. The fourth-order valence-corrected chi connectivity index (χ4v) is 1.30. The Balaban J connectivity index is 2.43. The van der Waals surface area contributed by atoms with E-state index < -0.39 is 0 Å². The number of rotatable bonds is 3. The molecule has 0 bridgehead atoms. The third-order valence-corrected chi connectivity index (χ3v) is 2.19. The van der Waals surface area contributed by atoms with Crippen molar-refractivity contribution < 1.29 is 4.74 Å². The minimum atomic E-state index is 0.641. The van der Waals surface area contributed by atoms with Crippen LogP contribution in [0.5, 0.6) is 0 Å². The zero-order chi connectivity index (χ0) is 8.27. The van der Waals surface area contributed by atoms with Gasteiger partial charge in [0, 0.05) is 7.11 Å². The molecular formula is C10H16O. The Kier molecular flexibility index (Phi) is 2.89. The monoisotopic (exact) mass is 152 g/mol. The second-order valence-corrected chi connectivity index (χ2v) is 3.16. The van der Waals surface area contributed by atoms with Crippen LogP contribution in [0, 0.1) is 5.92 Å². The molecule has 1 aliphatic carbocycles. The molecule has 0 heterocycles. The van der Waals surface area contributed by atoms with Crippen molar-refractivity contribution in [3.8, 4) is 0 Å². The van der Waals surface area contributed by atoms with E-state index in [2.05, 4.69) is 26.0 Å². The topological polar surface area (TPSA) is 9.23 Å². The number of methoxy groups -OCH3 is 1. The molecule has 11 heavy (non-hydrogen) atoms. The Labute approximate surface area is 68.8 Å². The van der Waals surface area contributed by atoms with E-state index >= 15 is 0 Å². The molecule has 0 amide bonds. The van der Waals surface area contributed by atoms with Gasteiger partial charge in [0.1, 0.15) is 0 Å². The molecule has 0 radical (unpaired) electrons. The van der Waals surface area contributed by atoms with E-state index in [0.29, 0.717) is 5.92 Å². The normalized spacial score (nSPS) is 23.4. The van der Waals surface area contributed by atoms with Gasteiger partial charge in [-0.3, -0.25) is 0 Å². The Bertz CT molecular complexity index is 189. The lowest BCUT2D eigenvalue weighted by atomic mass is 10.1. The summed E-state index contributed by atoms with van der Waals surface area (Å²) in [5, 5.41) is 0. The van der Waals surface area contributed by atoms with Gasteiger partial charge in [-0.15, -0.1) is 0 Å². The van der Waals surface area contributed by atoms with Crippen LogP contribution in [0.4, 0.5) is 0 Å². The average molecular weight is 152 g/mol. The highest BCUT2D eigenvalue weighted by molar-refractivity contribution is 5.33. The Morgan fingerprint density at radius 2 is 2.27 bits per heavy atom. The zero-order valence-corrected chi connectivity index (χ0v) is 7.55. The van der Waals surface area contributed by atoms with Gasteiger partial charge < -0.3 is 4.74 Å². The summed E-state index contributed by atoms with van der Waals surface area (Å²) < 4.78 is 5.00. The molecule has 0 saturated heterocycles. The van der Waals surface area contributed by atoms with E-state index in [1.807, 2.05) is 0 Å². The molecule has 0 saturated carbocycles. The molecule has 0 spiro atoms. The first-order valence-electron chi connectivity index (χ1n) is 4.12. The van der Waals surface area contributed by atoms with Crippen molar-refractivity contribution in [3.05, 3.63) is 23.3 Å². The quantitative estimate of drug-likeness (QED) is 0.604. The second kappa shape index (κ2) is 3.72. The molecule has 0 fully saturated rings. The molecule has 1 atom stereocenters. The van der Waals surface area contributed by atoms with Crippen molar-refractivity contribution in [2.45, 2.75) is 20.3 Å². The van der Waals surface area contributed by atoms with Crippen molar-refractivity contribution in [1.29, 1.82) is 0 Å². The highest BCUT2D eigenvalue weighted by Gasteiger charge is 2.09. The van der Waals surface area contributed by atoms with Gasteiger partial charge in [-0.05, 0) is 24.8 Å². The van der Waals surface area contributed by atoms with Crippen LogP contribution < -0.4 is 0 Å². The molecule has 1 nitrogen and oxygen atoms in total. The summed E-state index contributed by atoms with van der Waals surface area (Å²) in [6.07, 6.45) is 5.64. The van der Waals surface area contributed by atoms with Crippen molar-refractivity contribution in [1.82, 2.24) is 0 Å². The number of hydrogen-bond donors (Lipinski definition) is 0. The minimum Gasteiger partial charge on any atom is -0.384 e. The van der Waals surface area contributed by atoms with Gasteiger partial charge in [0.2, 0.25) is 0 Å². The van der Waals surface area contributed by atoms with E-state index in [1.54, 1.807) is 7.11 Å². The Hall–Kier alpha value is -0.560. The third kappa shape index (κ3) is 2.19. The molecular weight excluding hydrogens is 136 g/mol. The molecule has 0 aliphatic heterocycles. The number of allylic oxidation sites excluding steroid dienone is 3. The van der Waals surface area contributed by atoms with Gasteiger partial charge in [-0.25, -0.2) is 0 Å². The van der Waals surface area contributed by atoms with Crippen LogP contribution in [-0.4, -0.2) is 13.7 Å². The largest absolute Gasteiger partial charge is 0.384 e. The first-order valence-corrected chi connectivity index (χ1v) is 4.12. The molecule has 1 rings (SSSR count). The van der Waals surface area contributed by atoms with E-state index in [9.17, 15) is 0 Å². The standard InChI is InChI=1S/C10H16O/c1-8-6-10(4-5-11-3)7-9(8)2/h6-8H,4-5H2,1-3H3. The highest BCUT2D eigenvalue weighted by atomic mass is 16.5. The molecule has 0 aromatic heterocycles. The molecule has 0 N–H and O–H groups in total. The fourth-order valence-electron chi connectivity index (χ4n) is 1.30. The van der Waals surface area contributed by atoms with Crippen LogP contribution in [0.2, 0.25) is 0 Å². The third-order valence-electron chi connectivity index (χ3n) is 2.19. The summed E-state index contributed by atoms with van der Waals surface area (Å²) in [6.45, 7) is 5.24. The second-order valence-electron chi connectivity index (χ2n) is 3.16. The molecule has 62 valence electrons. The maximum Gasteiger partial charge on any atom is 0.0502 e. The summed E-state index contributed by atoms with van der Waals surface area (Å²) in [5.41, 5.74) is 2.90. The Morgan fingerprint density at radius 1 is 1.55 bits per heavy atom. The summed E-state index contributed by atoms with van der Waals surface area (Å²) in [6, 6.07) is 0. The van der Waals surface area contributed by atoms with Crippen molar-refractivity contribution in [2.24, 2.45) is 5.92 Å². The first kappa shape index (κ1) is 8.54. The zero-order valence-electron chi connectivity index (χ0n) is 7.55. The van der Waals surface area contributed by atoms with Gasteiger partial charge in [-0.1, -0.05) is 24.6 Å². The Morgan fingerprint density at radius 3 is 2.73 bits per heavy atom. The molecule has 1 aliphatic rings. The smallest absolute Gasteiger partial charge is 0.0502 e. The van der Waals surface area contributed by atoms with Gasteiger partial charge >= 0.3 is 0 Å². The molecule has 1 heteroatoms. The minimum absolute atomic E-state index is 0.641. The van der Waals surface area contributed by atoms with Crippen molar-refractivity contribution >= 4 is 0 Å². The lowest BCUT2D eigenvalue weighted by Crippen LogP contribution is -1.88. The lowest BCUT2D eigenvalue weighted by Gasteiger charge is -1.97. The van der Waals surface area contributed by atoms with Crippen LogP contribution in [0.3, 0.4) is 0 Å². The van der Waals surface area contributed by atoms with Crippen LogP contribution in [0.1, 0.15) is 20.3 Å². The van der Waals surface area contributed by atoms with Crippen molar-refractivity contribution in [2.75, 3.05) is 13.7 Å². The van der Waals surface area contributed by atoms with Gasteiger partial charge in [-0.2, -0.15) is 0 Å².